The van der Waals surface area contributed by atoms with E-state index >= 15 is 0 Å². The van der Waals surface area contributed by atoms with Gasteiger partial charge in [-0.05, 0) is 44.0 Å². The number of benzene rings is 1. The largest absolute Gasteiger partial charge is 0.450 e. The number of nitrogens with one attached hydrogen (secondary N) is 1. The van der Waals surface area contributed by atoms with Crippen LogP contribution in [-0.4, -0.2) is 48.8 Å². The molecule has 2 heterocycles. The quantitative estimate of drug-likeness (QED) is 0.901. The highest BCUT2D eigenvalue weighted by molar-refractivity contribution is 5.93. The first-order chi connectivity index (χ1) is 11.1. The topological polar surface area (TPSA) is 61.9 Å². The smallest absolute Gasteiger partial charge is 0.409 e. The van der Waals surface area contributed by atoms with E-state index in [4.69, 9.17) is 4.74 Å². The van der Waals surface area contributed by atoms with Crippen LogP contribution in [0, 0.1) is 5.82 Å². The standard InChI is InChI=1S/C16H20FN3O3/c1-2-23-15(22)19-9-7-16(8-10-19)14(21)18-11-20(16)13-5-3-12(17)4-6-13/h3-6H,2,7-11H2,1H3,(H,18,21). The third-order valence-electron chi connectivity index (χ3n) is 4.59. The van der Waals surface area contributed by atoms with Gasteiger partial charge in [-0.2, -0.15) is 0 Å². The molecule has 7 heteroatoms. The molecule has 0 bridgehead atoms. The molecule has 3 rings (SSSR count). The minimum Gasteiger partial charge on any atom is -0.450 e. The Morgan fingerprint density at radius 1 is 1.30 bits per heavy atom. The van der Waals surface area contributed by atoms with Crippen LogP contribution >= 0.6 is 0 Å². The van der Waals surface area contributed by atoms with Crippen LogP contribution in [0.5, 0.6) is 0 Å². The average Bonchev–Trinajstić information content (AvgIpc) is 2.86. The Bertz CT molecular complexity index is 597. The number of rotatable bonds is 2. The van der Waals surface area contributed by atoms with Gasteiger partial charge in [-0.1, -0.05) is 0 Å². The van der Waals surface area contributed by atoms with Crippen LogP contribution in [0.2, 0.25) is 0 Å². The number of carbonyl (C=O) groups excluding carboxylic acids is 2. The van der Waals surface area contributed by atoms with Crippen molar-refractivity contribution >= 4 is 17.7 Å². The Hall–Kier alpha value is -2.31. The van der Waals surface area contributed by atoms with Crippen molar-refractivity contribution in [3.8, 4) is 0 Å². The maximum Gasteiger partial charge on any atom is 0.409 e. The number of ether oxygens (including phenoxy) is 1. The van der Waals surface area contributed by atoms with Crippen molar-refractivity contribution in [2.45, 2.75) is 25.3 Å². The first-order valence-electron chi connectivity index (χ1n) is 7.80. The van der Waals surface area contributed by atoms with Gasteiger partial charge in [-0.3, -0.25) is 4.79 Å². The number of halogens is 1. The first kappa shape index (κ1) is 15.6. The van der Waals surface area contributed by atoms with E-state index in [9.17, 15) is 14.0 Å². The number of carbonyl (C=O) groups is 2. The maximum absolute atomic E-state index is 13.1. The molecule has 124 valence electrons. The van der Waals surface area contributed by atoms with Crippen molar-refractivity contribution in [3.05, 3.63) is 30.1 Å². The first-order valence-corrected chi connectivity index (χ1v) is 7.80. The van der Waals surface area contributed by atoms with Crippen molar-refractivity contribution in [2.75, 3.05) is 31.3 Å². The van der Waals surface area contributed by atoms with Crippen LogP contribution in [0.25, 0.3) is 0 Å². The second kappa shape index (κ2) is 6.06. The second-order valence-electron chi connectivity index (χ2n) is 5.79. The monoisotopic (exact) mass is 321 g/mol. The maximum atomic E-state index is 13.1. The van der Waals surface area contributed by atoms with Crippen LogP contribution in [0.4, 0.5) is 14.9 Å². The van der Waals surface area contributed by atoms with E-state index in [1.54, 1.807) is 24.0 Å². The Morgan fingerprint density at radius 2 is 1.96 bits per heavy atom. The zero-order chi connectivity index (χ0) is 16.4. The van der Waals surface area contributed by atoms with Crippen LogP contribution in [0.15, 0.2) is 24.3 Å². The predicted molar refractivity (Wildman–Crippen MR) is 82.4 cm³/mol. The van der Waals surface area contributed by atoms with Crippen LogP contribution < -0.4 is 10.2 Å². The summed E-state index contributed by atoms with van der Waals surface area (Å²) in [7, 11) is 0. The minimum absolute atomic E-state index is 0.0367. The number of hydrogen-bond donors (Lipinski definition) is 1. The van der Waals surface area contributed by atoms with Gasteiger partial charge >= 0.3 is 6.09 Å². The Kier molecular flexibility index (Phi) is 4.11. The summed E-state index contributed by atoms with van der Waals surface area (Å²) in [6, 6.07) is 6.13. The number of hydrogen-bond acceptors (Lipinski definition) is 4. The van der Waals surface area contributed by atoms with Gasteiger partial charge in [-0.15, -0.1) is 0 Å². The molecule has 2 amide bonds. The third-order valence-corrected chi connectivity index (χ3v) is 4.59. The van der Waals surface area contributed by atoms with E-state index in [2.05, 4.69) is 5.32 Å². The second-order valence-corrected chi connectivity index (χ2v) is 5.79. The third kappa shape index (κ3) is 2.71. The highest BCUT2D eigenvalue weighted by Crippen LogP contribution is 2.36. The number of amides is 2. The average molecular weight is 321 g/mol. The molecule has 2 fully saturated rings. The summed E-state index contributed by atoms with van der Waals surface area (Å²) in [5.74, 6) is -0.344. The molecule has 2 aliphatic heterocycles. The molecule has 0 radical (unpaired) electrons. The minimum atomic E-state index is -0.680. The molecule has 1 aromatic rings. The van der Waals surface area contributed by atoms with Crippen molar-refractivity contribution in [2.24, 2.45) is 0 Å². The van der Waals surface area contributed by atoms with Gasteiger partial charge in [0.2, 0.25) is 5.91 Å². The molecule has 1 spiro atoms. The van der Waals surface area contributed by atoms with Gasteiger partial charge in [0.1, 0.15) is 11.4 Å². The van der Waals surface area contributed by atoms with Crippen molar-refractivity contribution in [1.29, 1.82) is 0 Å². The Morgan fingerprint density at radius 3 is 2.57 bits per heavy atom. The Labute approximate surface area is 134 Å². The van der Waals surface area contributed by atoms with Gasteiger partial charge in [0, 0.05) is 18.8 Å². The molecule has 6 nitrogen and oxygen atoms in total. The van der Waals surface area contributed by atoms with Crippen LogP contribution in [0.1, 0.15) is 19.8 Å². The zero-order valence-electron chi connectivity index (χ0n) is 13.0. The molecule has 23 heavy (non-hydrogen) atoms. The SMILES string of the molecule is CCOC(=O)N1CCC2(CC1)C(=O)NCN2c1ccc(F)cc1. The molecule has 2 saturated heterocycles. The van der Waals surface area contributed by atoms with Gasteiger partial charge in [0.15, 0.2) is 0 Å². The van der Waals surface area contributed by atoms with E-state index in [1.165, 1.54) is 12.1 Å². The highest BCUT2D eigenvalue weighted by atomic mass is 19.1. The summed E-state index contributed by atoms with van der Waals surface area (Å²) in [6.45, 7) is 3.42. The number of anilines is 1. The fourth-order valence-corrected chi connectivity index (χ4v) is 3.32. The lowest BCUT2D eigenvalue weighted by atomic mass is 9.86. The van der Waals surface area contributed by atoms with E-state index < -0.39 is 5.54 Å². The summed E-state index contributed by atoms with van der Waals surface area (Å²) < 4.78 is 18.2. The molecular weight excluding hydrogens is 301 g/mol. The van der Waals surface area contributed by atoms with Crippen LogP contribution in [-0.2, 0) is 9.53 Å². The molecule has 1 aromatic carbocycles. The van der Waals surface area contributed by atoms with Crippen LogP contribution in [0.3, 0.4) is 0 Å². The summed E-state index contributed by atoms with van der Waals surface area (Å²) >= 11 is 0. The molecule has 0 atom stereocenters. The molecule has 2 aliphatic rings. The fourth-order valence-electron chi connectivity index (χ4n) is 3.32. The summed E-state index contributed by atoms with van der Waals surface area (Å²) in [5, 5.41) is 2.87. The number of nitrogens with zero attached hydrogens (tertiary/aromatic N) is 2. The molecule has 0 unspecified atom stereocenters. The van der Waals surface area contributed by atoms with Crippen molar-refractivity contribution in [3.63, 3.8) is 0 Å². The normalized spacial score (nSPS) is 19.8. The summed E-state index contributed by atoms with van der Waals surface area (Å²) in [6.07, 6.45) is 0.707. The lowest BCUT2D eigenvalue weighted by molar-refractivity contribution is -0.125. The Balaban J connectivity index is 1.78. The predicted octanol–water partition coefficient (Wildman–Crippen LogP) is 1.71. The lowest BCUT2D eigenvalue weighted by Crippen LogP contribution is -2.57. The number of piperidine rings is 1. The van der Waals surface area contributed by atoms with E-state index in [1.807, 2.05) is 4.90 Å². The zero-order valence-corrected chi connectivity index (χ0v) is 13.0. The van der Waals surface area contributed by atoms with E-state index in [0.29, 0.717) is 39.2 Å². The highest BCUT2D eigenvalue weighted by Gasteiger charge is 2.50. The molecule has 1 N–H and O–H groups in total. The van der Waals surface area contributed by atoms with Crippen molar-refractivity contribution in [1.82, 2.24) is 10.2 Å². The van der Waals surface area contributed by atoms with Gasteiger partial charge in [0.25, 0.3) is 0 Å². The summed E-state index contributed by atoms with van der Waals surface area (Å²) in [4.78, 5) is 27.9. The number of likely N-dealkylation sites (tertiary alicyclic amines) is 1. The molecule has 0 aromatic heterocycles. The summed E-state index contributed by atoms with van der Waals surface area (Å²) in [5.41, 5.74) is 0.121. The van der Waals surface area contributed by atoms with E-state index in [-0.39, 0.29) is 17.8 Å². The fraction of sp³-hybridized carbons (Fsp3) is 0.500. The van der Waals surface area contributed by atoms with E-state index in [0.717, 1.165) is 5.69 Å². The van der Waals surface area contributed by atoms with Gasteiger partial charge < -0.3 is 19.9 Å². The van der Waals surface area contributed by atoms with Crippen molar-refractivity contribution < 1.29 is 18.7 Å². The van der Waals surface area contributed by atoms with Gasteiger partial charge in [-0.25, -0.2) is 9.18 Å². The van der Waals surface area contributed by atoms with Gasteiger partial charge in [0.05, 0.1) is 13.3 Å². The molecule has 0 aliphatic carbocycles. The molecular formula is C16H20FN3O3. The lowest BCUT2D eigenvalue weighted by Gasteiger charge is -2.42. The molecule has 0 saturated carbocycles.